The Balaban J connectivity index is 0.00000144. The van der Waals surface area contributed by atoms with Gasteiger partial charge < -0.3 is 15.5 Å². The summed E-state index contributed by atoms with van der Waals surface area (Å²) < 4.78 is 1.86. The van der Waals surface area contributed by atoms with Crippen LogP contribution < -0.4 is 10.6 Å². The van der Waals surface area contributed by atoms with Crippen LogP contribution in [-0.2, 0) is 10.3 Å². The number of likely N-dealkylation sites (tertiary alicyclic amines) is 1. The molecule has 138 valence electrons. The summed E-state index contributed by atoms with van der Waals surface area (Å²) in [4.78, 5) is 15.4. The number of nitrogens with zero attached hydrogens (tertiary/aromatic N) is 3. The number of nitrogens with one attached hydrogen (secondary N) is 2. The van der Waals surface area contributed by atoms with Gasteiger partial charge >= 0.3 is 0 Å². The number of carbonyl (C=O) groups excluding carboxylic acids is 1. The molecule has 0 radical (unpaired) electrons. The fourth-order valence-electron chi connectivity index (χ4n) is 3.66. The molecule has 0 spiro atoms. The molecule has 6 nitrogen and oxygen atoms in total. The average molecular weight is 378 g/mol. The van der Waals surface area contributed by atoms with Crippen LogP contribution in [0.25, 0.3) is 0 Å². The van der Waals surface area contributed by atoms with Crippen molar-refractivity contribution in [2.24, 2.45) is 0 Å². The molecule has 2 saturated heterocycles. The maximum atomic E-state index is 13.1. The van der Waals surface area contributed by atoms with Crippen molar-refractivity contribution in [2.45, 2.75) is 50.2 Å². The van der Waals surface area contributed by atoms with Crippen molar-refractivity contribution in [2.75, 3.05) is 26.7 Å². The minimum absolute atomic E-state index is 0. The third kappa shape index (κ3) is 4.23. The number of halogens is 2. The molecule has 3 rings (SSSR count). The van der Waals surface area contributed by atoms with E-state index in [9.17, 15) is 4.79 Å². The maximum Gasteiger partial charge on any atom is 0.248 e. The molecule has 2 N–H and O–H groups in total. The van der Waals surface area contributed by atoms with E-state index in [2.05, 4.69) is 34.6 Å². The molecule has 1 aromatic heterocycles. The number of carbonyl (C=O) groups is 1. The number of rotatable bonds is 3. The average Bonchev–Trinajstić information content (AvgIpc) is 3.06. The van der Waals surface area contributed by atoms with Crippen LogP contribution in [0.2, 0.25) is 0 Å². The number of aromatic nitrogens is 2. The highest BCUT2D eigenvalue weighted by molar-refractivity contribution is 5.86. The highest BCUT2D eigenvalue weighted by Gasteiger charge is 2.43. The summed E-state index contributed by atoms with van der Waals surface area (Å²) in [7, 11) is 2.15. The number of hydrogen-bond donors (Lipinski definition) is 2. The molecule has 2 aliphatic rings. The Morgan fingerprint density at radius 1 is 1.33 bits per heavy atom. The molecule has 2 atom stereocenters. The van der Waals surface area contributed by atoms with E-state index in [1.807, 2.05) is 16.9 Å². The van der Waals surface area contributed by atoms with Crippen LogP contribution >= 0.6 is 24.8 Å². The quantitative estimate of drug-likeness (QED) is 0.835. The Morgan fingerprint density at radius 2 is 2.04 bits per heavy atom. The lowest BCUT2D eigenvalue weighted by Gasteiger charge is -2.40. The van der Waals surface area contributed by atoms with Gasteiger partial charge in [-0.3, -0.25) is 9.48 Å². The molecule has 0 aliphatic carbocycles. The molecule has 8 heteroatoms. The zero-order valence-electron chi connectivity index (χ0n) is 14.4. The first-order valence-corrected chi connectivity index (χ1v) is 8.34. The summed E-state index contributed by atoms with van der Waals surface area (Å²) in [5, 5.41) is 11.0. The molecule has 0 saturated carbocycles. The van der Waals surface area contributed by atoms with Gasteiger partial charge in [-0.15, -0.1) is 24.8 Å². The van der Waals surface area contributed by atoms with Crippen LogP contribution in [0.15, 0.2) is 18.5 Å². The minimum Gasteiger partial charge on any atom is -0.351 e. The molecular formula is C16H29Cl2N5O. The monoisotopic (exact) mass is 377 g/mol. The SMILES string of the molecule is CC1CC(NC(=O)C2(n3cccn3)CCNCC2)CCN1C.Cl.Cl. The predicted molar refractivity (Wildman–Crippen MR) is 100 cm³/mol. The van der Waals surface area contributed by atoms with Crippen molar-refractivity contribution in [3.05, 3.63) is 18.5 Å². The van der Waals surface area contributed by atoms with E-state index in [1.165, 1.54) is 0 Å². The second-order valence-electron chi connectivity index (χ2n) is 6.76. The van der Waals surface area contributed by atoms with E-state index < -0.39 is 5.54 Å². The third-order valence-corrected chi connectivity index (χ3v) is 5.34. The molecule has 3 heterocycles. The first-order valence-electron chi connectivity index (χ1n) is 8.34. The smallest absolute Gasteiger partial charge is 0.248 e. The van der Waals surface area contributed by atoms with Crippen molar-refractivity contribution in [1.29, 1.82) is 0 Å². The molecule has 0 aromatic carbocycles. The number of amides is 1. The van der Waals surface area contributed by atoms with Gasteiger partial charge in [0, 0.05) is 31.0 Å². The van der Waals surface area contributed by atoms with E-state index in [-0.39, 0.29) is 36.8 Å². The standard InChI is InChI=1S/C16H27N5O.2ClH/c1-13-12-14(4-11-20(13)2)19-15(22)16(5-8-17-9-6-16)21-10-3-7-18-21;;/h3,7,10,13-14,17H,4-6,8-9,11-12H2,1-2H3,(H,19,22);2*1H. The van der Waals surface area contributed by atoms with Crippen LogP contribution in [0.5, 0.6) is 0 Å². The Hall–Kier alpha value is -0.820. The molecule has 2 unspecified atom stereocenters. The summed E-state index contributed by atoms with van der Waals surface area (Å²) in [6.45, 7) is 4.99. The molecule has 0 bridgehead atoms. The van der Waals surface area contributed by atoms with E-state index in [0.717, 1.165) is 45.3 Å². The van der Waals surface area contributed by atoms with Gasteiger partial charge in [0.25, 0.3) is 0 Å². The normalized spacial score (nSPS) is 26.8. The fraction of sp³-hybridized carbons (Fsp3) is 0.750. The molecule has 1 amide bonds. The van der Waals surface area contributed by atoms with Crippen molar-refractivity contribution in [3.8, 4) is 0 Å². The van der Waals surface area contributed by atoms with E-state index in [1.54, 1.807) is 6.20 Å². The van der Waals surface area contributed by atoms with Crippen molar-refractivity contribution in [3.63, 3.8) is 0 Å². The van der Waals surface area contributed by atoms with Gasteiger partial charge in [-0.1, -0.05) is 0 Å². The Bertz CT molecular complexity index is 505. The predicted octanol–water partition coefficient (Wildman–Crippen LogP) is 1.40. The molecule has 2 fully saturated rings. The Morgan fingerprint density at radius 3 is 2.62 bits per heavy atom. The zero-order valence-corrected chi connectivity index (χ0v) is 16.0. The Kier molecular flexibility index (Phi) is 7.99. The van der Waals surface area contributed by atoms with Gasteiger partial charge in [0.05, 0.1) is 0 Å². The first-order chi connectivity index (χ1) is 10.6. The lowest BCUT2D eigenvalue weighted by Crippen LogP contribution is -2.58. The number of piperidine rings is 2. The van der Waals surface area contributed by atoms with Gasteiger partial charge in [-0.2, -0.15) is 5.10 Å². The second kappa shape index (κ2) is 9.04. The first kappa shape index (κ1) is 21.2. The van der Waals surface area contributed by atoms with E-state index >= 15 is 0 Å². The fourth-order valence-corrected chi connectivity index (χ4v) is 3.66. The van der Waals surface area contributed by atoms with Gasteiger partial charge in [0.1, 0.15) is 5.54 Å². The summed E-state index contributed by atoms with van der Waals surface area (Å²) in [6, 6.07) is 2.70. The summed E-state index contributed by atoms with van der Waals surface area (Å²) in [5.41, 5.74) is -0.526. The molecule has 24 heavy (non-hydrogen) atoms. The Labute approximate surface area is 156 Å². The topological polar surface area (TPSA) is 62.2 Å². The third-order valence-electron chi connectivity index (χ3n) is 5.34. The summed E-state index contributed by atoms with van der Waals surface area (Å²) in [6.07, 6.45) is 7.32. The highest BCUT2D eigenvalue weighted by atomic mass is 35.5. The van der Waals surface area contributed by atoms with Crippen LogP contribution in [0.3, 0.4) is 0 Å². The van der Waals surface area contributed by atoms with Gasteiger partial charge in [-0.25, -0.2) is 0 Å². The van der Waals surface area contributed by atoms with Crippen LogP contribution in [-0.4, -0.2) is 59.4 Å². The summed E-state index contributed by atoms with van der Waals surface area (Å²) >= 11 is 0. The number of hydrogen-bond acceptors (Lipinski definition) is 4. The van der Waals surface area contributed by atoms with Crippen LogP contribution in [0.4, 0.5) is 0 Å². The van der Waals surface area contributed by atoms with Gasteiger partial charge in [0.2, 0.25) is 5.91 Å². The minimum atomic E-state index is -0.526. The van der Waals surface area contributed by atoms with Crippen molar-refractivity contribution in [1.82, 2.24) is 25.3 Å². The van der Waals surface area contributed by atoms with Crippen molar-refractivity contribution < 1.29 is 4.79 Å². The zero-order chi connectivity index (χ0) is 15.6. The van der Waals surface area contributed by atoms with Crippen LogP contribution in [0, 0.1) is 0 Å². The molecular weight excluding hydrogens is 349 g/mol. The molecule has 2 aliphatic heterocycles. The maximum absolute atomic E-state index is 13.1. The van der Waals surface area contributed by atoms with E-state index in [0.29, 0.717) is 6.04 Å². The lowest BCUT2D eigenvalue weighted by atomic mass is 9.86. The van der Waals surface area contributed by atoms with Crippen LogP contribution in [0.1, 0.15) is 32.6 Å². The lowest BCUT2D eigenvalue weighted by molar-refractivity contribution is -0.133. The van der Waals surface area contributed by atoms with Gasteiger partial charge in [0.15, 0.2) is 0 Å². The highest BCUT2D eigenvalue weighted by Crippen LogP contribution is 2.28. The largest absolute Gasteiger partial charge is 0.351 e. The second-order valence-corrected chi connectivity index (χ2v) is 6.76. The van der Waals surface area contributed by atoms with Crippen molar-refractivity contribution >= 4 is 30.7 Å². The summed E-state index contributed by atoms with van der Waals surface area (Å²) in [5.74, 6) is 0.138. The van der Waals surface area contributed by atoms with E-state index in [4.69, 9.17) is 0 Å². The molecule has 1 aromatic rings. The van der Waals surface area contributed by atoms with Gasteiger partial charge in [-0.05, 0) is 58.8 Å².